The number of carbonyl (C=O) groups is 1. The highest BCUT2D eigenvalue weighted by Crippen LogP contribution is 2.17. The van der Waals surface area contributed by atoms with E-state index in [2.05, 4.69) is 10.2 Å². The number of rotatable bonds is 0. The lowest BCUT2D eigenvalue weighted by Crippen LogP contribution is -2.31. The van der Waals surface area contributed by atoms with Crippen LogP contribution < -0.4 is 0 Å². The molecule has 0 fully saturated rings. The standard InChI is InChI=1S/C8H11N3O/c1-5-8-6(10-9-5)3-11(2)4-7(8)12/h3-4H2,1-2H3,(H,9,10). The molecule has 1 aromatic heterocycles. The Morgan fingerprint density at radius 3 is 3.00 bits per heavy atom. The van der Waals surface area contributed by atoms with Gasteiger partial charge in [-0.3, -0.25) is 14.8 Å². The Morgan fingerprint density at radius 1 is 1.50 bits per heavy atom. The number of likely N-dealkylation sites (N-methyl/N-ethyl adjacent to an activating group) is 1. The highest BCUT2D eigenvalue weighted by molar-refractivity contribution is 6.00. The molecule has 1 aliphatic rings. The van der Waals surface area contributed by atoms with Gasteiger partial charge in [-0.05, 0) is 14.0 Å². The van der Waals surface area contributed by atoms with Gasteiger partial charge >= 0.3 is 0 Å². The lowest BCUT2D eigenvalue weighted by molar-refractivity contribution is 0.0921. The van der Waals surface area contributed by atoms with Crippen molar-refractivity contribution < 1.29 is 4.79 Å². The first-order valence-electron chi connectivity index (χ1n) is 3.94. The summed E-state index contributed by atoms with van der Waals surface area (Å²) in [6.07, 6.45) is 0. The van der Waals surface area contributed by atoms with Crippen LogP contribution in [0.3, 0.4) is 0 Å². The lowest BCUT2D eigenvalue weighted by atomic mass is 10.0. The molecule has 0 saturated heterocycles. The number of aromatic amines is 1. The molecular weight excluding hydrogens is 154 g/mol. The van der Waals surface area contributed by atoms with Gasteiger partial charge in [0.2, 0.25) is 0 Å². The van der Waals surface area contributed by atoms with E-state index in [0.717, 1.165) is 23.5 Å². The predicted molar refractivity (Wildman–Crippen MR) is 44.0 cm³/mol. The monoisotopic (exact) mass is 165 g/mol. The van der Waals surface area contributed by atoms with Gasteiger partial charge in [0.1, 0.15) is 0 Å². The summed E-state index contributed by atoms with van der Waals surface area (Å²) in [4.78, 5) is 13.4. The molecule has 1 N–H and O–H groups in total. The van der Waals surface area contributed by atoms with Gasteiger partial charge in [-0.25, -0.2) is 0 Å². The van der Waals surface area contributed by atoms with Gasteiger partial charge in [-0.1, -0.05) is 0 Å². The van der Waals surface area contributed by atoms with Crippen molar-refractivity contribution in [1.29, 1.82) is 0 Å². The maximum Gasteiger partial charge on any atom is 0.180 e. The number of aromatic nitrogens is 2. The fourth-order valence-electron chi connectivity index (χ4n) is 1.60. The summed E-state index contributed by atoms with van der Waals surface area (Å²) in [5.74, 6) is 0.171. The number of ketones is 1. The van der Waals surface area contributed by atoms with Gasteiger partial charge in [-0.2, -0.15) is 5.10 Å². The van der Waals surface area contributed by atoms with Crippen molar-refractivity contribution in [3.8, 4) is 0 Å². The number of H-pyrrole nitrogens is 1. The summed E-state index contributed by atoms with van der Waals surface area (Å²) in [5, 5.41) is 6.90. The van der Waals surface area contributed by atoms with Gasteiger partial charge in [0.05, 0.1) is 17.8 Å². The normalized spacial score (nSPS) is 18.0. The van der Waals surface area contributed by atoms with Crippen molar-refractivity contribution in [3.05, 3.63) is 17.0 Å². The quantitative estimate of drug-likeness (QED) is 0.603. The van der Waals surface area contributed by atoms with Crippen LogP contribution in [0.2, 0.25) is 0 Å². The fraction of sp³-hybridized carbons (Fsp3) is 0.500. The SMILES string of the molecule is Cc1[nH]nc2c1C(=O)CN(C)C2. The number of hydrogen-bond acceptors (Lipinski definition) is 3. The third-order valence-corrected chi connectivity index (χ3v) is 2.13. The average molecular weight is 165 g/mol. The molecule has 4 nitrogen and oxygen atoms in total. The number of aryl methyl sites for hydroxylation is 1. The molecule has 1 aromatic rings. The number of Topliss-reactive ketones (excluding diaryl/α,β-unsaturated/α-hetero) is 1. The van der Waals surface area contributed by atoms with Crippen LogP contribution in [0.4, 0.5) is 0 Å². The van der Waals surface area contributed by atoms with Crippen molar-refractivity contribution in [2.75, 3.05) is 13.6 Å². The molecule has 2 heterocycles. The second-order valence-electron chi connectivity index (χ2n) is 3.27. The minimum atomic E-state index is 0.171. The van der Waals surface area contributed by atoms with Crippen LogP contribution >= 0.6 is 0 Å². The minimum absolute atomic E-state index is 0.171. The van der Waals surface area contributed by atoms with E-state index < -0.39 is 0 Å². The molecule has 0 atom stereocenters. The minimum Gasteiger partial charge on any atom is -0.293 e. The van der Waals surface area contributed by atoms with Gasteiger partial charge in [0.15, 0.2) is 5.78 Å². The van der Waals surface area contributed by atoms with E-state index >= 15 is 0 Å². The van der Waals surface area contributed by atoms with Gasteiger partial charge in [0, 0.05) is 12.2 Å². The summed E-state index contributed by atoms with van der Waals surface area (Å²) in [7, 11) is 1.92. The molecular formula is C8H11N3O. The Kier molecular flexibility index (Phi) is 1.51. The Balaban J connectivity index is 2.50. The van der Waals surface area contributed by atoms with Gasteiger partial charge in [-0.15, -0.1) is 0 Å². The van der Waals surface area contributed by atoms with Gasteiger partial charge in [0.25, 0.3) is 0 Å². The van der Waals surface area contributed by atoms with Crippen molar-refractivity contribution in [3.63, 3.8) is 0 Å². The average Bonchev–Trinajstić information content (AvgIpc) is 2.31. The third-order valence-electron chi connectivity index (χ3n) is 2.13. The topological polar surface area (TPSA) is 49.0 Å². The van der Waals surface area contributed by atoms with E-state index in [1.807, 2.05) is 18.9 Å². The first-order valence-corrected chi connectivity index (χ1v) is 3.94. The molecule has 0 bridgehead atoms. The Labute approximate surface area is 70.6 Å². The Bertz CT molecular complexity index is 329. The number of nitrogens with zero attached hydrogens (tertiary/aromatic N) is 2. The van der Waals surface area contributed by atoms with Gasteiger partial charge < -0.3 is 0 Å². The van der Waals surface area contributed by atoms with Crippen molar-refractivity contribution >= 4 is 5.78 Å². The lowest BCUT2D eigenvalue weighted by Gasteiger charge is -2.19. The van der Waals surface area contributed by atoms with E-state index in [-0.39, 0.29) is 5.78 Å². The largest absolute Gasteiger partial charge is 0.293 e. The number of carbonyl (C=O) groups excluding carboxylic acids is 1. The molecule has 0 aliphatic carbocycles. The summed E-state index contributed by atoms with van der Waals surface area (Å²) in [6, 6.07) is 0. The molecule has 4 heteroatoms. The number of hydrogen-bond donors (Lipinski definition) is 1. The van der Waals surface area contributed by atoms with Crippen molar-refractivity contribution in [1.82, 2.24) is 15.1 Å². The van der Waals surface area contributed by atoms with Crippen LogP contribution in [0.25, 0.3) is 0 Å². The molecule has 0 radical (unpaired) electrons. The Hall–Kier alpha value is -1.16. The van der Waals surface area contributed by atoms with Crippen LogP contribution in [0, 0.1) is 6.92 Å². The van der Waals surface area contributed by atoms with Crippen LogP contribution in [0.1, 0.15) is 21.7 Å². The van der Waals surface area contributed by atoms with E-state index in [1.165, 1.54) is 0 Å². The molecule has 0 amide bonds. The number of nitrogens with one attached hydrogen (secondary N) is 1. The fourth-order valence-corrected chi connectivity index (χ4v) is 1.60. The first-order chi connectivity index (χ1) is 5.68. The van der Waals surface area contributed by atoms with Crippen LogP contribution in [-0.4, -0.2) is 34.5 Å². The Morgan fingerprint density at radius 2 is 2.25 bits per heavy atom. The highest BCUT2D eigenvalue weighted by atomic mass is 16.1. The molecule has 0 aromatic carbocycles. The summed E-state index contributed by atoms with van der Waals surface area (Å²) >= 11 is 0. The molecule has 0 spiro atoms. The zero-order valence-electron chi connectivity index (χ0n) is 7.22. The first kappa shape index (κ1) is 7.49. The maximum absolute atomic E-state index is 11.5. The zero-order valence-corrected chi connectivity index (χ0v) is 7.22. The molecule has 0 saturated carbocycles. The molecule has 0 unspecified atom stereocenters. The zero-order chi connectivity index (χ0) is 8.72. The summed E-state index contributed by atoms with van der Waals surface area (Å²) < 4.78 is 0. The van der Waals surface area contributed by atoms with Crippen molar-refractivity contribution in [2.45, 2.75) is 13.5 Å². The maximum atomic E-state index is 11.5. The second-order valence-corrected chi connectivity index (χ2v) is 3.27. The molecule has 64 valence electrons. The van der Waals surface area contributed by atoms with Crippen LogP contribution in [-0.2, 0) is 6.54 Å². The second kappa shape index (κ2) is 2.42. The van der Waals surface area contributed by atoms with E-state index in [1.54, 1.807) is 0 Å². The summed E-state index contributed by atoms with van der Waals surface area (Å²) in [6.45, 7) is 3.16. The van der Waals surface area contributed by atoms with E-state index in [9.17, 15) is 4.79 Å². The third kappa shape index (κ3) is 0.956. The predicted octanol–water partition coefficient (Wildman–Crippen LogP) is 0.346. The van der Waals surface area contributed by atoms with Crippen LogP contribution in [0.5, 0.6) is 0 Å². The van der Waals surface area contributed by atoms with Crippen LogP contribution in [0.15, 0.2) is 0 Å². The highest BCUT2D eigenvalue weighted by Gasteiger charge is 2.24. The number of fused-ring (bicyclic) bond motifs is 1. The van der Waals surface area contributed by atoms with Crippen molar-refractivity contribution in [2.24, 2.45) is 0 Å². The smallest absolute Gasteiger partial charge is 0.180 e. The van der Waals surface area contributed by atoms with E-state index in [0.29, 0.717) is 6.54 Å². The summed E-state index contributed by atoms with van der Waals surface area (Å²) in [5.41, 5.74) is 2.57. The molecule has 12 heavy (non-hydrogen) atoms. The molecule has 2 rings (SSSR count). The molecule has 1 aliphatic heterocycles. The van der Waals surface area contributed by atoms with E-state index in [4.69, 9.17) is 0 Å².